The van der Waals surface area contributed by atoms with E-state index >= 15 is 0 Å². The number of hydrogen-bond donors (Lipinski definition) is 0. The van der Waals surface area contributed by atoms with E-state index in [1.54, 1.807) is 12.1 Å². The summed E-state index contributed by atoms with van der Waals surface area (Å²) in [5.74, 6) is -3.37. The molecule has 0 N–H and O–H groups in total. The molecule has 70 valence electrons. The zero-order valence-electron chi connectivity index (χ0n) is 6.64. The molecule has 4 heteroatoms. The lowest BCUT2D eigenvalue weighted by Gasteiger charge is -2.08. The molecule has 1 nitrogen and oxygen atoms in total. The van der Waals surface area contributed by atoms with Crippen molar-refractivity contribution in [1.29, 1.82) is 0 Å². The van der Waals surface area contributed by atoms with Crippen molar-refractivity contribution < 1.29 is 13.6 Å². The van der Waals surface area contributed by atoms with Gasteiger partial charge in [-0.15, -0.1) is 0 Å². The van der Waals surface area contributed by atoms with Crippen LogP contribution in [0.25, 0.3) is 0 Å². The molecule has 1 aromatic carbocycles. The summed E-state index contributed by atoms with van der Waals surface area (Å²) in [6, 6.07) is 5.62. The van der Waals surface area contributed by atoms with E-state index in [1.807, 2.05) is 0 Å². The van der Waals surface area contributed by atoms with E-state index in [2.05, 4.69) is 15.9 Å². The predicted octanol–water partition coefficient (Wildman–Crippen LogP) is 2.87. The topological polar surface area (TPSA) is 17.1 Å². The van der Waals surface area contributed by atoms with Crippen LogP contribution < -0.4 is 0 Å². The van der Waals surface area contributed by atoms with Gasteiger partial charge in [0, 0.05) is 10.9 Å². The maximum atomic E-state index is 12.7. The Kier molecular flexibility index (Phi) is 3.14. The van der Waals surface area contributed by atoms with Gasteiger partial charge in [0.05, 0.1) is 0 Å². The van der Waals surface area contributed by atoms with Crippen LogP contribution >= 0.6 is 15.9 Å². The fourth-order valence-corrected chi connectivity index (χ4v) is 1.26. The second kappa shape index (κ2) is 3.96. The molecule has 1 rings (SSSR count). The zero-order valence-corrected chi connectivity index (χ0v) is 8.22. The van der Waals surface area contributed by atoms with Gasteiger partial charge in [0.15, 0.2) is 6.29 Å². The molecule has 0 saturated heterocycles. The third-order valence-corrected chi connectivity index (χ3v) is 2.29. The second-order valence-corrected chi connectivity index (χ2v) is 3.13. The van der Waals surface area contributed by atoms with E-state index in [4.69, 9.17) is 0 Å². The van der Waals surface area contributed by atoms with Gasteiger partial charge in [0.2, 0.25) is 0 Å². The zero-order chi connectivity index (χ0) is 9.90. The Morgan fingerprint density at radius 1 is 1.31 bits per heavy atom. The van der Waals surface area contributed by atoms with Crippen molar-refractivity contribution in [2.45, 2.75) is 11.3 Å². The maximum absolute atomic E-state index is 12.7. The van der Waals surface area contributed by atoms with E-state index in [-0.39, 0.29) is 11.8 Å². The molecule has 0 saturated carbocycles. The smallest absolute Gasteiger partial charge is 0.296 e. The summed E-state index contributed by atoms with van der Waals surface area (Å²) in [5.41, 5.74) is 0.623. The molecule has 0 radical (unpaired) electrons. The average molecular weight is 249 g/mol. The van der Waals surface area contributed by atoms with Crippen LogP contribution in [0.5, 0.6) is 0 Å². The lowest BCUT2D eigenvalue weighted by molar-refractivity contribution is -0.130. The van der Waals surface area contributed by atoms with Crippen molar-refractivity contribution >= 4 is 22.2 Å². The van der Waals surface area contributed by atoms with Crippen LogP contribution in [0.3, 0.4) is 0 Å². The lowest BCUT2D eigenvalue weighted by atomic mass is 10.1. The van der Waals surface area contributed by atoms with Gasteiger partial charge < -0.3 is 0 Å². The van der Waals surface area contributed by atoms with E-state index in [0.717, 1.165) is 5.56 Å². The van der Waals surface area contributed by atoms with Gasteiger partial charge >= 0.3 is 5.92 Å². The second-order valence-electron chi connectivity index (χ2n) is 2.57. The summed E-state index contributed by atoms with van der Waals surface area (Å²) in [4.78, 5) is 10.0. The third-order valence-electron chi connectivity index (χ3n) is 1.64. The van der Waals surface area contributed by atoms with Crippen molar-refractivity contribution in [3.8, 4) is 0 Å². The molecule has 0 heterocycles. The van der Waals surface area contributed by atoms with Gasteiger partial charge in [0.25, 0.3) is 0 Å². The highest BCUT2D eigenvalue weighted by Crippen LogP contribution is 2.25. The Morgan fingerprint density at radius 3 is 2.23 bits per heavy atom. The highest BCUT2D eigenvalue weighted by molar-refractivity contribution is 9.08. The van der Waals surface area contributed by atoms with E-state index < -0.39 is 5.92 Å². The van der Waals surface area contributed by atoms with Gasteiger partial charge in [-0.2, -0.15) is 8.78 Å². The number of alkyl halides is 3. The van der Waals surface area contributed by atoms with E-state index in [0.29, 0.717) is 5.33 Å². The summed E-state index contributed by atoms with van der Waals surface area (Å²) in [6.45, 7) is 0. The quantitative estimate of drug-likeness (QED) is 0.594. The molecule has 0 aliphatic rings. The third kappa shape index (κ3) is 2.34. The number of carbonyl (C=O) groups excluding carboxylic acids is 1. The summed E-state index contributed by atoms with van der Waals surface area (Å²) in [5, 5.41) is 0.611. The minimum absolute atomic E-state index is 0.271. The van der Waals surface area contributed by atoms with Crippen molar-refractivity contribution in [1.82, 2.24) is 0 Å². The molecule has 0 amide bonds. The molecule has 13 heavy (non-hydrogen) atoms. The first-order valence-corrected chi connectivity index (χ1v) is 4.72. The molecular formula is C9H7BrF2O. The Hall–Kier alpha value is -0.770. The maximum Gasteiger partial charge on any atom is 0.327 e. The fraction of sp³-hybridized carbons (Fsp3) is 0.222. The Morgan fingerprint density at radius 2 is 1.85 bits per heavy atom. The molecule has 0 bridgehead atoms. The molecule has 0 aliphatic heterocycles. The molecule has 0 aromatic heterocycles. The van der Waals surface area contributed by atoms with Crippen LogP contribution in [0.4, 0.5) is 8.78 Å². The van der Waals surface area contributed by atoms with Gasteiger partial charge in [-0.05, 0) is 5.56 Å². The lowest BCUT2D eigenvalue weighted by Crippen LogP contribution is -2.14. The van der Waals surface area contributed by atoms with Gasteiger partial charge in [0.1, 0.15) is 0 Å². The van der Waals surface area contributed by atoms with Gasteiger partial charge in [-0.3, -0.25) is 4.79 Å². The normalized spacial score (nSPS) is 11.3. The highest BCUT2D eigenvalue weighted by atomic mass is 79.9. The number of halogens is 3. The van der Waals surface area contributed by atoms with Crippen molar-refractivity contribution in [2.24, 2.45) is 0 Å². The SMILES string of the molecule is O=CC(F)(F)c1ccc(CBr)cc1. The standard InChI is InChI=1S/C9H7BrF2O/c10-5-7-1-3-8(4-2-7)9(11,12)6-13/h1-4,6H,5H2. The minimum atomic E-state index is -3.37. The van der Waals surface area contributed by atoms with Crippen molar-refractivity contribution in [3.05, 3.63) is 35.4 Å². The summed E-state index contributed by atoms with van der Waals surface area (Å²) < 4.78 is 25.5. The monoisotopic (exact) mass is 248 g/mol. The average Bonchev–Trinajstić information content (AvgIpc) is 2.18. The highest BCUT2D eigenvalue weighted by Gasteiger charge is 2.30. The fourth-order valence-electron chi connectivity index (χ4n) is 0.884. The molecule has 0 spiro atoms. The van der Waals surface area contributed by atoms with Crippen molar-refractivity contribution in [3.63, 3.8) is 0 Å². The number of rotatable bonds is 3. The van der Waals surface area contributed by atoms with E-state index in [1.165, 1.54) is 12.1 Å². The molecule has 0 atom stereocenters. The van der Waals surface area contributed by atoms with Gasteiger partial charge in [-0.25, -0.2) is 0 Å². The van der Waals surface area contributed by atoms with E-state index in [9.17, 15) is 13.6 Å². The number of carbonyl (C=O) groups is 1. The molecule has 0 fully saturated rings. The van der Waals surface area contributed by atoms with Gasteiger partial charge in [-0.1, -0.05) is 40.2 Å². The van der Waals surface area contributed by atoms with Crippen LogP contribution in [0.15, 0.2) is 24.3 Å². The Labute approximate surface area is 82.9 Å². The first-order valence-electron chi connectivity index (χ1n) is 3.59. The minimum Gasteiger partial charge on any atom is -0.296 e. The predicted molar refractivity (Wildman–Crippen MR) is 49.0 cm³/mol. The largest absolute Gasteiger partial charge is 0.327 e. The Balaban J connectivity index is 2.98. The number of hydrogen-bond acceptors (Lipinski definition) is 1. The molecule has 1 aromatic rings. The number of benzene rings is 1. The van der Waals surface area contributed by atoms with Crippen LogP contribution in [-0.4, -0.2) is 6.29 Å². The summed E-state index contributed by atoms with van der Waals surface area (Å²) in [7, 11) is 0. The summed E-state index contributed by atoms with van der Waals surface area (Å²) in [6.07, 6.45) is -0.351. The van der Waals surface area contributed by atoms with Crippen LogP contribution in [0.2, 0.25) is 0 Å². The number of aldehydes is 1. The van der Waals surface area contributed by atoms with Crippen LogP contribution in [-0.2, 0) is 16.0 Å². The van der Waals surface area contributed by atoms with Crippen LogP contribution in [0.1, 0.15) is 11.1 Å². The molecule has 0 unspecified atom stereocenters. The molecule has 0 aliphatic carbocycles. The Bertz CT molecular complexity index is 295. The first-order chi connectivity index (χ1) is 6.10. The first kappa shape index (κ1) is 10.3. The van der Waals surface area contributed by atoms with Crippen LogP contribution in [0, 0.1) is 0 Å². The summed E-state index contributed by atoms with van der Waals surface area (Å²) >= 11 is 3.19. The molecular weight excluding hydrogens is 242 g/mol. The van der Waals surface area contributed by atoms with Crippen molar-refractivity contribution in [2.75, 3.05) is 0 Å².